The molecule has 2 aliphatic rings. The van der Waals surface area contributed by atoms with Gasteiger partial charge in [0.15, 0.2) is 0 Å². The summed E-state index contributed by atoms with van der Waals surface area (Å²) in [5.74, 6) is -0.0924. The van der Waals surface area contributed by atoms with Crippen LogP contribution in [0.2, 0.25) is 5.02 Å². The quantitative estimate of drug-likeness (QED) is 0.885. The topological polar surface area (TPSA) is 69.7 Å². The monoisotopic (exact) mass is 363 g/mol. The third kappa shape index (κ3) is 3.63. The third-order valence-corrected chi connectivity index (χ3v) is 4.88. The van der Waals surface area contributed by atoms with E-state index < -0.39 is 12.1 Å². The van der Waals surface area contributed by atoms with Gasteiger partial charge in [-0.25, -0.2) is 0 Å². The largest absolute Gasteiger partial charge is 0.342 e. The highest BCUT2D eigenvalue weighted by atomic mass is 35.5. The van der Waals surface area contributed by atoms with Crippen LogP contribution in [0.3, 0.4) is 0 Å². The molecule has 134 valence electrons. The van der Waals surface area contributed by atoms with Crippen molar-refractivity contribution in [2.45, 2.75) is 32.4 Å². The molecule has 0 unspecified atom stereocenters. The van der Waals surface area contributed by atoms with Crippen LogP contribution >= 0.6 is 11.6 Å². The van der Waals surface area contributed by atoms with Gasteiger partial charge < -0.3 is 15.1 Å². The van der Waals surface area contributed by atoms with Crippen LogP contribution in [0.1, 0.15) is 30.6 Å². The lowest BCUT2D eigenvalue weighted by molar-refractivity contribution is -0.152. The summed E-state index contributed by atoms with van der Waals surface area (Å²) < 4.78 is 0. The van der Waals surface area contributed by atoms with Gasteiger partial charge in [-0.1, -0.05) is 31.5 Å². The molecule has 3 amide bonds. The zero-order valence-corrected chi connectivity index (χ0v) is 15.1. The minimum absolute atomic E-state index is 0.0480. The molecule has 1 N–H and O–H groups in total. The maximum atomic E-state index is 12.7. The lowest BCUT2D eigenvalue weighted by atomic mass is 9.97. The molecule has 0 aromatic heterocycles. The van der Waals surface area contributed by atoms with E-state index in [1.165, 1.54) is 0 Å². The van der Waals surface area contributed by atoms with Gasteiger partial charge in [0, 0.05) is 23.7 Å². The number of hydrogen-bond donors (Lipinski definition) is 1. The normalized spacial score (nSPS) is 23.5. The lowest BCUT2D eigenvalue weighted by Gasteiger charge is -2.45. The van der Waals surface area contributed by atoms with Crippen LogP contribution in [0, 0.1) is 5.92 Å². The average molecular weight is 364 g/mol. The van der Waals surface area contributed by atoms with E-state index in [9.17, 15) is 14.4 Å². The molecule has 2 aliphatic heterocycles. The van der Waals surface area contributed by atoms with Crippen LogP contribution in [0.25, 0.3) is 0 Å². The number of fused-ring (bicyclic) bond motifs is 1. The number of piperazine rings is 2. The first-order valence-electron chi connectivity index (χ1n) is 8.52. The van der Waals surface area contributed by atoms with Crippen LogP contribution in [0.4, 0.5) is 0 Å². The Bertz CT molecular complexity index is 707. The van der Waals surface area contributed by atoms with Crippen molar-refractivity contribution in [1.29, 1.82) is 0 Å². The summed E-state index contributed by atoms with van der Waals surface area (Å²) >= 11 is 5.95. The predicted molar refractivity (Wildman–Crippen MR) is 94.2 cm³/mol. The molecule has 1 aromatic carbocycles. The van der Waals surface area contributed by atoms with E-state index in [1.54, 1.807) is 34.1 Å². The molecule has 3 rings (SSSR count). The minimum atomic E-state index is -0.618. The fourth-order valence-electron chi connectivity index (χ4n) is 3.42. The summed E-state index contributed by atoms with van der Waals surface area (Å²) in [5.41, 5.74) is 0.487. The molecule has 2 fully saturated rings. The number of hydrogen-bond acceptors (Lipinski definition) is 3. The van der Waals surface area contributed by atoms with Crippen molar-refractivity contribution in [2.24, 2.45) is 5.92 Å². The van der Waals surface area contributed by atoms with Crippen LogP contribution < -0.4 is 5.32 Å². The van der Waals surface area contributed by atoms with E-state index in [0.717, 1.165) is 0 Å². The molecule has 2 heterocycles. The SMILES string of the molecule is CC(C)C[C@H]1NC(=O)[C@H]2CN(C(=O)c3cccc(Cl)c3)CCN2C1=O. The first-order valence-corrected chi connectivity index (χ1v) is 8.90. The van der Waals surface area contributed by atoms with Gasteiger partial charge in [-0.3, -0.25) is 14.4 Å². The number of benzene rings is 1. The van der Waals surface area contributed by atoms with E-state index in [4.69, 9.17) is 11.6 Å². The second-order valence-corrected chi connectivity index (χ2v) is 7.44. The first kappa shape index (κ1) is 17.7. The zero-order valence-electron chi connectivity index (χ0n) is 14.4. The molecule has 6 nitrogen and oxygen atoms in total. The second kappa shape index (κ2) is 7.04. The summed E-state index contributed by atoms with van der Waals surface area (Å²) in [5, 5.41) is 3.31. The van der Waals surface area contributed by atoms with Gasteiger partial charge in [0.05, 0.1) is 6.54 Å². The lowest BCUT2D eigenvalue weighted by Crippen LogP contribution is -2.69. The zero-order chi connectivity index (χ0) is 18.1. The smallest absolute Gasteiger partial charge is 0.254 e. The second-order valence-electron chi connectivity index (χ2n) is 7.00. The average Bonchev–Trinajstić information content (AvgIpc) is 2.58. The van der Waals surface area contributed by atoms with Crippen molar-refractivity contribution >= 4 is 29.3 Å². The van der Waals surface area contributed by atoms with Gasteiger partial charge in [0.2, 0.25) is 11.8 Å². The Morgan fingerprint density at radius 2 is 2.08 bits per heavy atom. The van der Waals surface area contributed by atoms with Crippen molar-refractivity contribution in [1.82, 2.24) is 15.1 Å². The number of amides is 3. The Hall–Kier alpha value is -2.08. The van der Waals surface area contributed by atoms with Gasteiger partial charge in [0.1, 0.15) is 12.1 Å². The summed E-state index contributed by atoms with van der Waals surface area (Å²) in [4.78, 5) is 41.0. The number of nitrogens with zero attached hydrogens (tertiary/aromatic N) is 2. The van der Waals surface area contributed by atoms with E-state index >= 15 is 0 Å². The Labute approximate surface area is 152 Å². The highest BCUT2D eigenvalue weighted by molar-refractivity contribution is 6.30. The molecule has 1 aromatic rings. The number of halogens is 1. The first-order chi connectivity index (χ1) is 11.9. The van der Waals surface area contributed by atoms with Crippen LogP contribution in [0.15, 0.2) is 24.3 Å². The predicted octanol–water partition coefficient (Wildman–Crippen LogP) is 1.54. The van der Waals surface area contributed by atoms with Crippen molar-refractivity contribution in [3.63, 3.8) is 0 Å². The van der Waals surface area contributed by atoms with Gasteiger partial charge in [-0.15, -0.1) is 0 Å². The molecular formula is C18H22ClN3O3. The number of carbonyl (C=O) groups excluding carboxylic acids is 3. The van der Waals surface area contributed by atoms with E-state index in [-0.39, 0.29) is 24.3 Å². The van der Waals surface area contributed by atoms with Gasteiger partial charge in [0.25, 0.3) is 5.91 Å². The highest BCUT2D eigenvalue weighted by Gasteiger charge is 2.44. The molecule has 2 atom stereocenters. The maximum Gasteiger partial charge on any atom is 0.254 e. The molecule has 2 saturated heterocycles. The van der Waals surface area contributed by atoms with Gasteiger partial charge in [-0.05, 0) is 30.5 Å². The standard InChI is InChI=1S/C18H22ClN3O3/c1-11(2)8-14-18(25)22-7-6-21(10-15(22)16(23)20-14)17(24)12-4-3-5-13(19)9-12/h3-5,9,11,14-15H,6-8,10H2,1-2H3,(H,20,23)/t14-,15-/m1/s1. The molecule has 25 heavy (non-hydrogen) atoms. The number of nitrogens with one attached hydrogen (secondary N) is 1. The van der Waals surface area contributed by atoms with Gasteiger partial charge >= 0.3 is 0 Å². The molecule has 0 saturated carbocycles. The minimum Gasteiger partial charge on any atom is -0.342 e. The Kier molecular flexibility index (Phi) is 4.99. The number of rotatable bonds is 3. The molecule has 7 heteroatoms. The van der Waals surface area contributed by atoms with Crippen LogP contribution in [0.5, 0.6) is 0 Å². The van der Waals surface area contributed by atoms with Crippen molar-refractivity contribution in [2.75, 3.05) is 19.6 Å². The summed E-state index contributed by atoms with van der Waals surface area (Å²) in [6.45, 7) is 5.03. The molecule has 0 aliphatic carbocycles. The molecule has 0 spiro atoms. The Morgan fingerprint density at radius 3 is 2.76 bits per heavy atom. The number of carbonyl (C=O) groups is 3. The van der Waals surface area contributed by atoms with Crippen molar-refractivity contribution in [3.8, 4) is 0 Å². The van der Waals surface area contributed by atoms with E-state index in [2.05, 4.69) is 5.32 Å². The Balaban J connectivity index is 1.73. The van der Waals surface area contributed by atoms with Crippen LogP contribution in [-0.2, 0) is 9.59 Å². The molecular weight excluding hydrogens is 342 g/mol. The van der Waals surface area contributed by atoms with Gasteiger partial charge in [-0.2, -0.15) is 0 Å². The fraction of sp³-hybridized carbons (Fsp3) is 0.500. The summed E-state index contributed by atoms with van der Waals surface area (Å²) in [6.07, 6.45) is 0.624. The third-order valence-electron chi connectivity index (χ3n) is 4.65. The summed E-state index contributed by atoms with van der Waals surface area (Å²) in [7, 11) is 0. The Morgan fingerprint density at radius 1 is 1.32 bits per heavy atom. The molecule has 0 radical (unpaired) electrons. The molecule has 0 bridgehead atoms. The van der Waals surface area contributed by atoms with E-state index in [0.29, 0.717) is 36.0 Å². The maximum absolute atomic E-state index is 12.7. The van der Waals surface area contributed by atoms with Crippen molar-refractivity contribution in [3.05, 3.63) is 34.9 Å². The van der Waals surface area contributed by atoms with Crippen molar-refractivity contribution < 1.29 is 14.4 Å². The van der Waals surface area contributed by atoms with E-state index in [1.807, 2.05) is 13.8 Å². The summed E-state index contributed by atoms with van der Waals surface area (Å²) in [6, 6.07) is 5.66. The van der Waals surface area contributed by atoms with Crippen LogP contribution in [-0.4, -0.2) is 59.2 Å². The fourth-order valence-corrected chi connectivity index (χ4v) is 3.61. The highest BCUT2D eigenvalue weighted by Crippen LogP contribution is 2.21.